The van der Waals surface area contributed by atoms with Gasteiger partial charge in [-0.05, 0) is 41.8 Å². The fourth-order valence-corrected chi connectivity index (χ4v) is 2.61. The third-order valence-electron chi connectivity index (χ3n) is 3.85. The van der Waals surface area contributed by atoms with E-state index in [-0.39, 0.29) is 5.56 Å². The van der Waals surface area contributed by atoms with E-state index in [1.165, 1.54) is 0 Å². The van der Waals surface area contributed by atoms with Gasteiger partial charge in [0.05, 0.1) is 5.56 Å². The quantitative estimate of drug-likeness (QED) is 0.693. The zero-order valence-electron chi connectivity index (χ0n) is 12.5. The maximum Gasteiger partial charge on any atom is 0.416 e. The molecule has 1 unspecified atom stereocenters. The van der Waals surface area contributed by atoms with Gasteiger partial charge in [-0.15, -0.1) is 0 Å². The summed E-state index contributed by atoms with van der Waals surface area (Å²) in [6, 6.07) is 9.01. The standard InChI is InChI=1S/C17H14ClF4NO/c18-12-4-2-11(3-5-12)16(24-23-8-1-9-23)14-7-6-13(19)10-15(14)17(20,21)22/h2-7,10,16H,1,8-9H2. The molecule has 1 atom stereocenters. The Morgan fingerprint density at radius 2 is 1.71 bits per heavy atom. The van der Waals surface area contributed by atoms with E-state index < -0.39 is 23.7 Å². The Kier molecular flexibility index (Phi) is 4.80. The summed E-state index contributed by atoms with van der Waals surface area (Å²) in [5, 5.41) is 2.07. The number of alkyl halides is 3. The van der Waals surface area contributed by atoms with Gasteiger partial charge in [0.2, 0.25) is 0 Å². The van der Waals surface area contributed by atoms with Gasteiger partial charge in [0.25, 0.3) is 0 Å². The Morgan fingerprint density at radius 1 is 1.04 bits per heavy atom. The molecule has 24 heavy (non-hydrogen) atoms. The SMILES string of the molecule is Fc1ccc(C(ON2CCC2)c2ccc(Cl)cc2)c(C(F)(F)F)c1. The largest absolute Gasteiger partial charge is 0.416 e. The number of nitrogens with zero attached hydrogens (tertiary/aromatic N) is 1. The predicted octanol–water partition coefficient (Wildman–Crippen LogP) is 5.22. The first-order chi connectivity index (χ1) is 11.3. The van der Waals surface area contributed by atoms with Crippen LogP contribution in [0.15, 0.2) is 42.5 Å². The van der Waals surface area contributed by atoms with Crippen LogP contribution in [0, 0.1) is 5.82 Å². The van der Waals surface area contributed by atoms with Crippen molar-refractivity contribution >= 4 is 11.6 Å². The molecule has 0 aliphatic carbocycles. The molecule has 3 rings (SSSR count). The topological polar surface area (TPSA) is 12.5 Å². The van der Waals surface area contributed by atoms with Crippen LogP contribution in [-0.2, 0) is 11.0 Å². The molecular formula is C17H14ClF4NO. The third-order valence-corrected chi connectivity index (χ3v) is 4.10. The van der Waals surface area contributed by atoms with E-state index in [1.807, 2.05) is 0 Å². The summed E-state index contributed by atoms with van der Waals surface area (Å²) in [5.74, 6) is -0.940. The van der Waals surface area contributed by atoms with Crippen LogP contribution in [0.5, 0.6) is 0 Å². The number of hydroxylamine groups is 2. The van der Waals surface area contributed by atoms with Gasteiger partial charge in [-0.1, -0.05) is 29.8 Å². The van der Waals surface area contributed by atoms with Crippen molar-refractivity contribution in [3.63, 3.8) is 0 Å². The first-order valence-electron chi connectivity index (χ1n) is 7.38. The lowest BCUT2D eigenvalue weighted by atomic mass is 9.96. The molecule has 2 nitrogen and oxygen atoms in total. The molecule has 128 valence electrons. The Hall–Kier alpha value is -1.63. The fraction of sp³-hybridized carbons (Fsp3) is 0.294. The second-order valence-electron chi connectivity index (χ2n) is 5.55. The molecule has 0 amide bonds. The lowest BCUT2D eigenvalue weighted by Crippen LogP contribution is -2.38. The fourth-order valence-electron chi connectivity index (χ4n) is 2.48. The Balaban J connectivity index is 2.06. The van der Waals surface area contributed by atoms with E-state index in [0.717, 1.165) is 18.6 Å². The van der Waals surface area contributed by atoms with Crippen molar-refractivity contribution in [2.24, 2.45) is 0 Å². The molecule has 1 heterocycles. The van der Waals surface area contributed by atoms with Crippen molar-refractivity contribution in [3.8, 4) is 0 Å². The van der Waals surface area contributed by atoms with E-state index >= 15 is 0 Å². The highest BCUT2D eigenvalue weighted by atomic mass is 35.5. The number of benzene rings is 2. The van der Waals surface area contributed by atoms with Gasteiger partial charge in [0.1, 0.15) is 11.9 Å². The first-order valence-corrected chi connectivity index (χ1v) is 7.76. The molecule has 0 spiro atoms. The van der Waals surface area contributed by atoms with Crippen LogP contribution in [0.3, 0.4) is 0 Å². The van der Waals surface area contributed by atoms with Crippen LogP contribution in [-0.4, -0.2) is 18.2 Å². The van der Waals surface area contributed by atoms with E-state index in [9.17, 15) is 17.6 Å². The van der Waals surface area contributed by atoms with E-state index in [1.54, 1.807) is 29.3 Å². The summed E-state index contributed by atoms with van der Waals surface area (Å²) in [5.41, 5.74) is -0.649. The van der Waals surface area contributed by atoms with Crippen molar-refractivity contribution in [1.29, 1.82) is 0 Å². The molecule has 0 radical (unpaired) electrons. The second kappa shape index (κ2) is 6.70. The van der Waals surface area contributed by atoms with Crippen molar-refractivity contribution in [2.45, 2.75) is 18.7 Å². The van der Waals surface area contributed by atoms with Crippen molar-refractivity contribution in [1.82, 2.24) is 5.06 Å². The van der Waals surface area contributed by atoms with E-state index in [4.69, 9.17) is 16.4 Å². The summed E-state index contributed by atoms with van der Waals surface area (Å²) >= 11 is 5.85. The molecule has 2 aromatic rings. The van der Waals surface area contributed by atoms with Crippen LogP contribution >= 0.6 is 11.6 Å². The molecule has 2 aromatic carbocycles. The van der Waals surface area contributed by atoms with Gasteiger partial charge in [-0.2, -0.15) is 18.2 Å². The first kappa shape index (κ1) is 17.2. The van der Waals surface area contributed by atoms with Crippen LogP contribution in [0.25, 0.3) is 0 Å². The number of hydrogen-bond donors (Lipinski definition) is 0. The smallest absolute Gasteiger partial charge is 0.286 e. The van der Waals surface area contributed by atoms with Crippen molar-refractivity contribution in [2.75, 3.05) is 13.1 Å². The summed E-state index contributed by atoms with van der Waals surface area (Å²) in [6.45, 7) is 1.29. The number of rotatable bonds is 4. The molecule has 1 fully saturated rings. The average Bonchev–Trinajstić information content (AvgIpc) is 2.47. The summed E-state index contributed by atoms with van der Waals surface area (Å²) in [6.07, 6.45) is -4.75. The van der Waals surface area contributed by atoms with Gasteiger partial charge in [0, 0.05) is 18.1 Å². The lowest BCUT2D eigenvalue weighted by molar-refractivity contribution is -0.224. The van der Waals surface area contributed by atoms with Crippen molar-refractivity contribution in [3.05, 3.63) is 70.0 Å². The van der Waals surface area contributed by atoms with Gasteiger partial charge < -0.3 is 0 Å². The van der Waals surface area contributed by atoms with Gasteiger partial charge >= 0.3 is 6.18 Å². The molecule has 0 bridgehead atoms. The van der Waals surface area contributed by atoms with E-state index in [2.05, 4.69) is 0 Å². The minimum atomic E-state index is -4.68. The average molecular weight is 360 g/mol. The summed E-state index contributed by atoms with van der Waals surface area (Å²) < 4.78 is 53.4. The number of hydrogen-bond acceptors (Lipinski definition) is 2. The summed E-state index contributed by atoms with van der Waals surface area (Å²) in [7, 11) is 0. The minimum Gasteiger partial charge on any atom is -0.286 e. The lowest BCUT2D eigenvalue weighted by Gasteiger charge is -2.34. The predicted molar refractivity (Wildman–Crippen MR) is 82.0 cm³/mol. The molecule has 0 aromatic heterocycles. The molecule has 1 aliphatic rings. The minimum absolute atomic E-state index is 0.127. The number of halogens is 5. The highest BCUT2D eigenvalue weighted by Gasteiger charge is 2.37. The van der Waals surface area contributed by atoms with Gasteiger partial charge in [-0.3, -0.25) is 4.84 Å². The molecule has 1 saturated heterocycles. The maximum absolute atomic E-state index is 13.4. The molecule has 0 saturated carbocycles. The normalized spacial score (nSPS) is 16.7. The third kappa shape index (κ3) is 3.71. The van der Waals surface area contributed by atoms with E-state index in [0.29, 0.717) is 29.7 Å². The van der Waals surface area contributed by atoms with Crippen LogP contribution < -0.4 is 0 Å². The molecular weight excluding hydrogens is 346 g/mol. The zero-order chi connectivity index (χ0) is 17.3. The zero-order valence-corrected chi connectivity index (χ0v) is 13.2. The Bertz CT molecular complexity index is 714. The Morgan fingerprint density at radius 3 is 2.25 bits per heavy atom. The van der Waals surface area contributed by atoms with Gasteiger partial charge in [-0.25, -0.2) is 4.39 Å². The molecule has 1 aliphatic heterocycles. The highest BCUT2D eigenvalue weighted by Crippen LogP contribution is 2.39. The molecule has 7 heteroatoms. The van der Waals surface area contributed by atoms with Crippen LogP contribution in [0.1, 0.15) is 29.2 Å². The Labute approximate surface area is 141 Å². The second-order valence-corrected chi connectivity index (χ2v) is 5.99. The van der Waals surface area contributed by atoms with Gasteiger partial charge in [0.15, 0.2) is 0 Å². The monoisotopic (exact) mass is 359 g/mol. The van der Waals surface area contributed by atoms with Crippen LogP contribution in [0.2, 0.25) is 5.02 Å². The van der Waals surface area contributed by atoms with Crippen molar-refractivity contribution < 1.29 is 22.4 Å². The summed E-state index contributed by atoms with van der Waals surface area (Å²) in [4.78, 5) is 5.74. The van der Waals surface area contributed by atoms with Crippen LogP contribution in [0.4, 0.5) is 17.6 Å². The highest BCUT2D eigenvalue weighted by molar-refractivity contribution is 6.30. The molecule has 0 N–H and O–H groups in total. The maximum atomic E-state index is 13.4.